The molecule has 17 heavy (non-hydrogen) atoms. The molecule has 0 bridgehead atoms. The van der Waals surface area contributed by atoms with Gasteiger partial charge in [0.2, 0.25) is 0 Å². The first-order valence-electron chi connectivity index (χ1n) is 6.70. The third-order valence-corrected chi connectivity index (χ3v) is 7.18. The van der Waals surface area contributed by atoms with Crippen LogP contribution in [-0.4, -0.2) is 30.0 Å². The zero-order valence-corrected chi connectivity index (χ0v) is 12.6. The number of terminal acetylenes is 1. The Labute approximate surface area is 109 Å². The van der Waals surface area contributed by atoms with Crippen molar-refractivity contribution in [1.82, 2.24) is 10.0 Å². The maximum Gasteiger partial charge on any atom is 0.0770 e. The molecule has 1 saturated heterocycles. The zero-order chi connectivity index (χ0) is 12.9. The summed E-state index contributed by atoms with van der Waals surface area (Å²) in [6.45, 7) is 7.81. The van der Waals surface area contributed by atoms with Crippen molar-refractivity contribution in [2.45, 2.75) is 45.7 Å². The van der Waals surface area contributed by atoms with Crippen molar-refractivity contribution < 1.29 is 0 Å². The highest BCUT2D eigenvalue weighted by molar-refractivity contribution is 8.31. The van der Waals surface area contributed by atoms with Gasteiger partial charge in [-0.15, -0.1) is 12.3 Å². The molecule has 1 rings (SSSR count). The molecule has 3 atom stereocenters. The molecule has 0 saturated carbocycles. The van der Waals surface area contributed by atoms with E-state index in [4.69, 9.17) is 6.42 Å². The summed E-state index contributed by atoms with van der Waals surface area (Å²) in [6.07, 6.45) is 11.0. The quantitative estimate of drug-likeness (QED) is 0.714. The molecule has 0 amide bonds. The van der Waals surface area contributed by atoms with Crippen LogP contribution in [0, 0.1) is 18.3 Å². The summed E-state index contributed by atoms with van der Waals surface area (Å²) in [7, 11) is -0.574. The Kier molecular flexibility index (Phi) is 5.37. The third-order valence-electron chi connectivity index (χ3n) is 3.92. The topological polar surface area (TPSA) is 24.1 Å². The van der Waals surface area contributed by atoms with Gasteiger partial charge < -0.3 is 0 Å². The maximum absolute atomic E-state index is 5.35. The molecular formula is C14H28N2S. The van der Waals surface area contributed by atoms with Crippen molar-refractivity contribution in [3.63, 3.8) is 0 Å². The van der Waals surface area contributed by atoms with E-state index in [1.54, 1.807) is 0 Å². The van der Waals surface area contributed by atoms with E-state index >= 15 is 0 Å². The van der Waals surface area contributed by atoms with Gasteiger partial charge in [0.05, 0.1) is 5.66 Å². The van der Waals surface area contributed by atoms with Crippen molar-refractivity contribution in [2.24, 2.45) is 5.92 Å². The minimum atomic E-state index is -0.574. The molecule has 0 aliphatic carbocycles. The Bertz CT molecular complexity index is 286. The van der Waals surface area contributed by atoms with Gasteiger partial charge in [-0.3, -0.25) is 10.0 Å². The smallest absolute Gasteiger partial charge is 0.0770 e. The fourth-order valence-corrected chi connectivity index (χ4v) is 4.93. The van der Waals surface area contributed by atoms with E-state index in [1.165, 1.54) is 17.9 Å². The number of nitrogens with one attached hydrogen (secondary N) is 2. The summed E-state index contributed by atoms with van der Waals surface area (Å²) in [5.74, 6) is 5.92. The molecule has 0 radical (unpaired) electrons. The summed E-state index contributed by atoms with van der Waals surface area (Å²) in [6, 6.07) is 0. The van der Waals surface area contributed by atoms with Crippen molar-refractivity contribution in [1.29, 1.82) is 0 Å². The standard InChI is InChI=1S/C14H28N2S/c1-6-9-13(4)12-15-14(7-2)10-11-17(5,8-3)16-14/h1,13,15-16H,7-12H2,2-5H3. The van der Waals surface area contributed by atoms with Crippen LogP contribution in [-0.2, 0) is 0 Å². The fraction of sp³-hybridized carbons (Fsp3) is 0.857. The van der Waals surface area contributed by atoms with Crippen molar-refractivity contribution in [3.8, 4) is 12.3 Å². The first-order chi connectivity index (χ1) is 7.99. The summed E-state index contributed by atoms with van der Waals surface area (Å²) < 4.78 is 3.90. The van der Waals surface area contributed by atoms with Gasteiger partial charge in [0.25, 0.3) is 0 Å². The molecule has 1 aliphatic heterocycles. The molecule has 3 heteroatoms. The lowest BCUT2D eigenvalue weighted by Gasteiger charge is -2.37. The molecule has 100 valence electrons. The average molecular weight is 256 g/mol. The summed E-state index contributed by atoms with van der Waals surface area (Å²) >= 11 is 0. The molecule has 0 aromatic rings. The second-order valence-electron chi connectivity index (χ2n) is 5.45. The van der Waals surface area contributed by atoms with Crippen LogP contribution in [0.5, 0.6) is 0 Å². The summed E-state index contributed by atoms with van der Waals surface area (Å²) in [5.41, 5.74) is 0.170. The van der Waals surface area contributed by atoms with Crippen LogP contribution in [0.3, 0.4) is 0 Å². The highest BCUT2D eigenvalue weighted by Crippen LogP contribution is 2.49. The third kappa shape index (κ3) is 3.91. The Morgan fingerprint density at radius 1 is 1.53 bits per heavy atom. The molecule has 1 aliphatic rings. The molecular weight excluding hydrogens is 228 g/mol. The van der Waals surface area contributed by atoms with E-state index in [0.717, 1.165) is 19.4 Å². The molecule has 0 aromatic heterocycles. The first-order valence-corrected chi connectivity index (χ1v) is 9.08. The van der Waals surface area contributed by atoms with Crippen LogP contribution in [0.4, 0.5) is 0 Å². The van der Waals surface area contributed by atoms with Gasteiger partial charge in [0.15, 0.2) is 0 Å². The van der Waals surface area contributed by atoms with Crippen molar-refractivity contribution in [2.75, 3.05) is 24.3 Å². The normalized spacial score (nSPS) is 38.3. The van der Waals surface area contributed by atoms with Gasteiger partial charge in [-0.05, 0) is 36.5 Å². The number of rotatable bonds is 6. The lowest BCUT2D eigenvalue weighted by molar-refractivity contribution is 0.285. The highest BCUT2D eigenvalue weighted by Gasteiger charge is 2.39. The zero-order valence-electron chi connectivity index (χ0n) is 11.8. The Balaban J connectivity index is 2.52. The van der Waals surface area contributed by atoms with Gasteiger partial charge in [0.1, 0.15) is 0 Å². The minimum absolute atomic E-state index is 0.170. The van der Waals surface area contributed by atoms with Crippen LogP contribution in [0.15, 0.2) is 0 Å². The monoisotopic (exact) mass is 256 g/mol. The predicted octanol–water partition coefficient (Wildman–Crippen LogP) is 2.70. The summed E-state index contributed by atoms with van der Waals surface area (Å²) in [4.78, 5) is 0. The van der Waals surface area contributed by atoms with Gasteiger partial charge in [-0.25, -0.2) is 0 Å². The average Bonchev–Trinajstić information content (AvgIpc) is 2.67. The Morgan fingerprint density at radius 3 is 2.71 bits per heavy atom. The van der Waals surface area contributed by atoms with Crippen LogP contribution in [0.1, 0.15) is 40.0 Å². The van der Waals surface area contributed by atoms with E-state index in [1.807, 2.05) is 0 Å². The van der Waals surface area contributed by atoms with Crippen LogP contribution in [0.25, 0.3) is 0 Å². The van der Waals surface area contributed by atoms with Gasteiger partial charge in [-0.1, -0.05) is 20.8 Å². The van der Waals surface area contributed by atoms with Crippen molar-refractivity contribution in [3.05, 3.63) is 0 Å². The van der Waals surface area contributed by atoms with E-state index in [9.17, 15) is 0 Å². The van der Waals surface area contributed by atoms with E-state index < -0.39 is 10.2 Å². The van der Waals surface area contributed by atoms with E-state index in [-0.39, 0.29) is 5.66 Å². The lowest BCUT2D eigenvalue weighted by Crippen LogP contribution is -2.53. The Morgan fingerprint density at radius 2 is 2.24 bits per heavy atom. The van der Waals surface area contributed by atoms with E-state index in [2.05, 4.69) is 43.0 Å². The van der Waals surface area contributed by atoms with Gasteiger partial charge in [-0.2, -0.15) is 10.2 Å². The maximum atomic E-state index is 5.35. The molecule has 0 spiro atoms. The minimum Gasteiger partial charge on any atom is -0.298 e. The molecule has 2 N–H and O–H groups in total. The molecule has 2 nitrogen and oxygen atoms in total. The van der Waals surface area contributed by atoms with Crippen LogP contribution < -0.4 is 10.0 Å². The van der Waals surface area contributed by atoms with Gasteiger partial charge in [0, 0.05) is 13.0 Å². The predicted molar refractivity (Wildman–Crippen MR) is 80.3 cm³/mol. The molecule has 1 fully saturated rings. The lowest BCUT2D eigenvalue weighted by atomic mass is 10.0. The Hall–Kier alpha value is -0.170. The first kappa shape index (κ1) is 14.9. The number of hydrogen-bond acceptors (Lipinski definition) is 2. The SMILES string of the molecule is C#CCC(C)CNC1(CC)CCS(C)(CC)N1. The highest BCUT2D eigenvalue weighted by atomic mass is 32.3. The van der Waals surface area contributed by atoms with Crippen molar-refractivity contribution >= 4 is 10.2 Å². The number of hydrogen-bond donors (Lipinski definition) is 2. The molecule has 3 unspecified atom stereocenters. The van der Waals surface area contributed by atoms with Crippen LogP contribution >= 0.6 is 10.2 Å². The molecule has 0 aromatic carbocycles. The van der Waals surface area contributed by atoms with E-state index in [0.29, 0.717) is 5.92 Å². The summed E-state index contributed by atoms with van der Waals surface area (Å²) in [5, 5.41) is 3.73. The fourth-order valence-electron chi connectivity index (χ4n) is 2.33. The van der Waals surface area contributed by atoms with Gasteiger partial charge >= 0.3 is 0 Å². The largest absolute Gasteiger partial charge is 0.298 e. The second kappa shape index (κ2) is 6.13. The molecule has 1 heterocycles. The second-order valence-corrected chi connectivity index (χ2v) is 9.19. The van der Waals surface area contributed by atoms with Crippen LogP contribution in [0.2, 0.25) is 0 Å².